The van der Waals surface area contributed by atoms with Crippen LogP contribution in [0.3, 0.4) is 0 Å². The Morgan fingerprint density at radius 1 is 1.32 bits per heavy atom. The average molecular weight is 424 g/mol. The normalized spacial score (nSPS) is 20.0. The van der Waals surface area contributed by atoms with E-state index in [0.717, 1.165) is 19.0 Å². The lowest BCUT2D eigenvalue weighted by Gasteiger charge is -2.33. The maximum atomic E-state index is 5.95. The summed E-state index contributed by atoms with van der Waals surface area (Å²) < 4.78 is 0. The van der Waals surface area contributed by atoms with Crippen LogP contribution in [0.1, 0.15) is 59.3 Å². The van der Waals surface area contributed by atoms with Gasteiger partial charge in [0.25, 0.3) is 0 Å². The molecule has 0 aromatic heterocycles. The summed E-state index contributed by atoms with van der Waals surface area (Å²) in [6, 6.07) is 0. The van der Waals surface area contributed by atoms with Crippen LogP contribution in [0.2, 0.25) is 0 Å². The Morgan fingerprint density at radius 3 is 2.77 bits per heavy atom. The van der Waals surface area contributed by atoms with Crippen LogP contribution in [0.15, 0.2) is 4.99 Å². The van der Waals surface area contributed by atoms with Crippen molar-refractivity contribution >= 4 is 29.9 Å². The quantitative estimate of drug-likeness (QED) is 0.258. The molecule has 132 valence electrons. The molecule has 22 heavy (non-hydrogen) atoms. The fourth-order valence-corrected chi connectivity index (χ4v) is 3.03. The van der Waals surface area contributed by atoms with Crippen molar-refractivity contribution in [2.75, 3.05) is 32.7 Å². The van der Waals surface area contributed by atoms with Gasteiger partial charge in [0, 0.05) is 26.2 Å². The molecule has 0 aliphatic carbocycles. The predicted molar refractivity (Wildman–Crippen MR) is 108 cm³/mol. The molecule has 0 spiro atoms. The molecule has 1 atom stereocenters. The minimum Gasteiger partial charge on any atom is -0.370 e. The Balaban J connectivity index is 0.00000441. The van der Waals surface area contributed by atoms with E-state index in [0.29, 0.717) is 11.9 Å². The average Bonchev–Trinajstić information content (AvgIpc) is 2.44. The number of rotatable bonds is 9. The summed E-state index contributed by atoms with van der Waals surface area (Å²) in [5.41, 5.74) is 5.95. The van der Waals surface area contributed by atoms with E-state index in [1.165, 1.54) is 58.2 Å². The van der Waals surface area contributed by atoms with E-state index in [1.54, 1.807) is 0 Å². The van der Waals surface area contributed by atoms with Gasteiger partial charge in [-0.3, -0.25) is 4.99 Å². The summed E-state index contributed by atoms with van der Waals surface area (Å²) in [6.45, 7) is 12.3. The highest BCUT2D eigenvalue weighted by Crippen LogP contribution is 2.17. The molecule has 1 rings (SSSR count). The predicted octanol–water partition coefficient (Wildman–Crippen LogP) is 3.46. The van der Waals surface area contributed by atoms with Gasteiger partial charge >= 0.3 is 0 Å². The van der Waals surface area contributed by atoms with Crippen molar-refractivity contribution in [2.24, 2.45) is 22.6 Å². The fourth-order valence-electron chi connectivity index (χ4n) is 3.03. The van der Waals surface area contributed by atoms with Gasteiger partial charge in [-0.15, -0.1) is 24.0 Å². The van der Waals surface area contributed by atoms with Crippen molar-refractivity contribution in [1.29, 1.82) is 0 Å². The molecule has 1 heterocycles. The Morgan fingerprint density at radius 2 is 2.09 bits per heavy atom. The van der Waals surface area contributed by atoms with E-state index in [4.69, 9.17) is 5.73 Å². The molecule has 1 aliphatic heterocycles. The zero-order chi connectivity index (χ0) is 15.5. The van der Waals surface area contributed by atoms with E-state index in [9.17, 15) is 0 Å². The zero-order valence-corrected chi connectivity index (χ0v) is 17.1. The summed E-state index contributed by atoms with van der Waals surface area (Å²) in [5, 5.41) is 3.24. The molecule has 1 fully saturated rings. The largest absolute Gasteiger partial charge is 0.370 e. The molecular formula is C17H37IN4. The lowest BCUT2D eigenvalue weighted by atomic mass is 9.97. The first-order valence-electron chi connectivity index (χ1n) is 8.88. The lowest BCUT2D eigenvalue weighted by molar-refractivity contribution is 0.162. The van der Waals surface area contributed by atoms with Gasteiger partial charge in [-0.1, -0.05) is 40.0 Å². The number of halogens is 1. The van der Waals surface area contributed by atoms with Gasteiger partial charge in [0.1, 0.15) is 0 Å². The maximum Gasteiger partial charge on any atom is 0.188 e. The number of nitrogens with two attached hydrogens (primary N) is 1. The summed E-state index contributed by atoms with van der Waals surface area (Å²) in [5.74, 6) is 2.06. The highest BCUT2D eigenvalue weighted by molar-refractivity contribution is 14.0. The minimum atomic E-state index is 0. The second-order valence-electron chi connectivity index (χ2n) is 6.88. The third-order valence-corrected chi connectivity index (χ3v) is 4.08. The van der Waals surface area contributed by atoms with Gasteiger partial charge in [-0.25, -0.2) is 0 Å². The van der Waals surface area contributed by atoms with Crippen LogP contribution in [0.5, 0.6) is 0 Å². The van der Waals surface area contributed by atoms with Crippen LogP contribution < -0.4 is 11.1 Å². The Labute approximate surface area is 154 Å². The first-order valence-corrected chi connectivity index (χ1v) is 8.88. The van der Waals surface area contributed by atoms with Crippen LogP contribution >= 0.6 is 24.0 Å². The molecule has 0 radical (unpaired) electrons. The number of unbranched alkanes of at least 4 members (excludes halogenated alkanes) is 3. The number of guanidine groups is 1. The Hall–Kier alpha value is -0.0400. The summed E-state index contributed by atoms with van der Waals surface area (Å²) >= 11 is 0. The van der Waals surface area contributed by atoms with Gasteiger partial charge in [-0.05, 0) is 37.6 Å². The Kier molecular flexibility index (Phi) is 13.4. The number of nitrogens with zero attached hydrogens (tertiary/aromatic N) is 2. The van der Waals surface area contributed by atoms with Crippen LogP contribution in [0.4, 0.5) is 0 Å². The second-order valence-corrected chi connectivity index (χ2v) is 6.88. The third-order valence-electron chi connectivity index (χ3n) is 4.08. The maximum absolute atomic E-state index is 5.95. The molecule has 0 aromatic carbocycles. The number of aliphatic imine (C=N–C) groups is 1. The number of hydrogen-bond donors (Lipinski definition) is 2. The van der Waals surface area contributed by atoms with Gasteiger partial charge in [0.05, 0.1) is 0 Å². The number of nitrogens with one attached hydrogen (secondary N) is 1. The van der Waals surface area contributed by atoms with Crippen molar-refractivity contribution in [2.45, 2.75) is 59.3 Å². The van der Waals surface area contributed by atoms with Crippen LogP contribution in [0, 0.1) is 11.8 Å². The molecule has 3 N–H and O–H groups in total. The first kappa shape index (κ1) is 22.0. The molecule has 1 saturated heterocycles. The molecular weight excluding hydrogens is 387 g/mol. The number of likely N-dealkylation sites (tertiary alicyclic amines) is 1. The monoisotopic (exact) mass is 424 g/mol. The SMILES string of the molecule is CCCCCCNC(N)=NCC1CCCN(CC(C)C)C1.I. The molecule has 1 aliphatic rings. The van der Waals surface area contributed by atoms with Crippen molar-refractivity contribution in [3.05, 3.63) is 0 Å². The van der Waals surface area contributed by atoms with Gasteiger partial charge in [0.2, 0.25) is 0 Å². The zero-order valence-electron chi connectivity index (χ0n) is 14.8. The van der Waals surface area contributed by atoms with Crippen LogP contribution in [-0.4, -0.2) is 43.6 Å². The standard InChI is InChI=1S/C17H36N4.HI/c1-4-5-6-7-10-19-17(18)20-12-16-9-8-11-21(14-16)13-15(2)3;/h15-16H,4-14H2,1-3H3,(H3,18,19,20);1H. The minimum absolute atomic E-state index is 0. The lowest BCUT2D eigenvalue weighted by Crippen LogP contribution is -2.39. The van der Waals surface area contributed by atoms with Gasteiger partial charge in [0.15, 0.2) is 5.96 Å². The highest BCUT2D eigenvalue weighted by Gasteiger charge is 2.19. The molecule has 0 saturated carbocycles. The fraction of sp³-hybridized carbons (Fsp3) is 0.941. The van der Waals surface area contributed by atoms with E-state index in [1.807, 2.05) is 0 Å². The summed E-state index contributed by atoms with van der Waals surface area (Å²) in [4.78, 5) is 7.12. The van der Waals surface area contributed by atoms with Crippen molar-refractivity contribution < 1.29 is 0 Å². The molecule has 1 unspecified atom stereocenters. The van der Waals surface area contributed by atoms with Crippen LogP contribution in [-0.2, 0) is 0 Å². The second kappa shape index (κ2) is 13.4. The van der Waals surface area contributed by atoms with E-state index < -0.39 is 0 Å². The molecule has 0 aromatic rings. The van der Waals surface area contributed by atoms with Crippen molar-refractivity contribution in [3.8, 4) is 0 Å². The first-order chi connectivity index (χ1) is 10.1. The van der Waals surface area contributed by atoms with Gasteiger partial charge in [-0.2, -0.15) is 0 Å². The van der Waals surface area contributed by atoms with Gasteiger partial charge < -0.3 is 16.0 Å². The van der Waals surface area contributed by atoms with E-state index in [-0.39, 0.29) is 24.0 Å². The number of hydrogen-bond acceptors (Lipinski definition) is 2. The van der Waals surface area contributed by atoms with Crippen molar-refractivity contribution in [1.82, 2.24) is 10.2 Å². The van der Waals surface area contributed by atoms with Crippen LogP contribution in [0.25, 0.3) is 0 Å². The Bertz CT molecular complexity index is 294. The molecule has 0 bridgehead atoms. The smallest absolute Gasteiger partial charge is 0.188 e. The van der Waals surface area contributed by atoms with E-state index >= 15 is 0 Å². The van der Waals surface area contributed by atoms with E-state index in [2.05, 4.69) is 36.0 Å². The summed E-state index contributed by atoms with van der Waals surface area (Å²) in [7, 11) is 0. The molecule has 4 nitrogen and oxygen atoms in total. The third kappa shape index (κ3) is 10.6. The highest BCUT2D eigenvalue weighted by atomic mass is 127. The number of piperidine rings is 1. The molecule has 5 heteroatoms. The van der Waals surface area contributed by atoms with Crippen molar-refractivity contribution in [3.63, 3.8) is 0 Å². The molecule has 0 amide bonds. The topological polar surface area (TPSA) is 53.6 Å². The summed E-state index contributed by atoms with van der Waals surface area (Å²) in [6.07, 6.45) is 7.66.